The maximum Gasteiger partial charge on any atom is 0.407 e. The number of aromatic nitrogens is 2. The van der Waals surface area contributed by atoms with Gasteiger partial charge < -0.3 is 14.5 Å². The van der Waals surface area contributed by atoms with E-state index in [2.05, 4.69) is 15.5 Å². The smallest absolute Gasteiger partial charge is 0.407 e. The minimum Gasteiger partial charge on any atom is -0.444 e. The summed E-state index contributed by atoms with van der Waals surface area (Å²) in [7, 11) is -3.71. The van der Waals surface area contributed by atoms with Crippen LogP contribution in [0.5, 0.6) is 0 Å². The molecule has 1 aromatic carbocycles. The average molecular weight is 367 g/mol. The molecule has 0 spiro atoms. The van der Waals surface area contributed by atoms with Gasteiger partial charge in [0.05, 0.1) is 5.75 Å². The third-order valence-corrected chi connectivity index (χ3v) is 4.33. The molecule has 0 aliphatic heterocycles. The van der Waals surface area contributed by atoms with Gasteiger partial charge in [-0.3, -0.25) is 0 Å². The number of amides is 1. The number of benzene rings is 1. The zero-order valence-corrected chi connectivity index (χ0v) is 15.2. The molecule has 0 saturated heterocycles. The van der Waals surface area contributed by atoms with Crippen molar-refractivity contribution in [1.82, 2.24) is 15.5 Å². The number of hydrogen-bond acceptors (Lipinski definition) is 7. The van der Waals surface area contributed by atoms with Crippen LogP contribution in [0.25, 0.3) is 0 Å². The van der Waals surface area contributed by atoms with E-state index in [0.717, 1.165) is 0 Å². The first kappa shape index (κ1) is 18.9. The Morgan fingerprint density at radius 3 is 2.52 bits per heavy atom. The average Bonchev–Trinajstić information content (AvgIpc) is 2.96. The summed E-state index contributed by atoms with van der Waals surface area (Å²) in [5.74, 6) is -0.0891. The Balaban J connectivity index is 1.90. The summed E-state index contributed by atoms with van der Waals surface area (Å²) in [5, 5.41) is 9.41. The molecule has 136 valence electrons. The molecule has 1 amide bonds. The van der Waals surface area contributed by atoms with Crippen LogP contribution in [0.2, 0.25) is 0 Å². The van der Waals surface area contributed by atoms with Gasteiger partial charge in [-0.05, 0) is 26.3 Å². The molecule has 1 aromatic heterocycles. The van der Waals surface area contributed by atoms with Crippen LogP contribution in [0.3, 0.4) is 0 Å². The molecular formula is C16H21N3O5S. The lowest BCUT2D eigenvalue weighted by atomic mass is 10.2. The van der Waals surface area contributed by atoms with Crippen LogP contribution < -0.4 is 5.32 Å². The van der Waals surface area contributed by atoms with Crippen molar-refractivity contribution in [3.05, 3.63) is 41.8 Å². The summed E-state index contributed by atoms with van der Waals surface area (Å²) in [6.07, 6.45) is -0.364. The van der Waals surface area contributed by atoms with Crippen LogP contribution in [-0.4, -0.2) is 36.9 Å². The highest BCUT2D eigenvalue weighted by atomic mass is 32.2. The zero-order valence-electron chi connectivity index (χ0n) is 14.4. The molecule has 0 radical (unpaired) electrons. The third-order valence-electron chi connectivity index (χ3n) is 2.92. The molecule has 0 bridgehead atoms. The van der Waals surface area contributed by atoms with Crippen molar-refractivity contribution in [2.75, 3.05) is 6.54 Å². The molecule has 9 heteroatoms. The Labute approximate surface area is 146 Å². The first-order chi connectivity index (χ1) is 11.7. The van der Waals surface area contributed by atoms with Gasteiger partial charge in [-0.2, -0.15) is 0 Å². The number of alkyl carbamates (subject to hydrolysis) is 1. The SMILES string of the molecule is CC(C)(C)OC(=O)NCCc1nnc(S(=O)(=O)Cc2ccccc2)o1. The topological polar surface area (TPSA) is 111 Å². The molecule has 0 unspecified atom stereocenters. The minimum atomic E-state index is -3.71. The van der Waals surface area contributed by atoms with Crippen molar-refractivity contribution in [3.8, 4) is 0 Å². The van der Waals surface area contributed by atoms with Crippen molar-refractivity contribution in [2.45, 2.75) is 43.8 Å². The van der Waals surface area contributed by atoms with Gasteiger partial charge in [0.2, 0.25) is 15.7 Å². The van der Waals surface area contributed by atoms with Gasteiger partial charge in [0.1, 0.15) is 5.60 Å². The molecular weight excluding hydrogens is 346 g/mol. The Morgan fingerprint density at radius 2 is 1.88 bits per heavy atom. The summed E-state index contributed by atoms with van der Waals surface area (Å²) in [6.45, 7) is 5.46. The van der Waals surface area contributed by atoms with Gasteiger partial charge in [0.15, 0.2) is 0 Å². The molecule has 0 aliphatic carbocycles. The molecule has 0 fully saturated rings. The normalized spacial score (nSPS) is 12.0. The fourth-order valence-corrected chi connectivity index (χ4v) is 3.05. The predicted molar refractivity (Wildman–Crippen MR) is 89.6 cm³/mol. The number of carbonyl (C=O) groups is 1. The monoisotopic (exact) mass is 367 g/mol. The second-order valence-electron chi connectivity index (χ2n) is 6.39. The number of carbonyl (C=O) groups excluding carboxylic acids is 1. The number of sulfone groups is 1. The molecule has 2 rings (SSSR count). The van der Waals surface area contributed by atoms with Crippen LogP contribution in [0.1, 0.15) is 32.2 Å². The molecule has 0 atom stereocenters. The summed E-state index contributed by atoms with van der Waals surface area (Å²) >= 11 is 0. The number of nitrogens with one attached hydrogen (secondary N) is 1. The molecule has 2 aromatic rings. The summed E-state index contributed by atoms with van der Waals surface area (Å²) < 4.78 is 34.8. The lowest BCUT2D eigenvalue weighted by molar-refractivity contribution is 0.0527. The lowest BCUT2D eigenvalue weighted by Crippen LogP contribution is -2.33. The lowest BCUT2D eigenvalue weighted by Gasteiger charge is -2.19. The van der Waals surface area contributed by atoms with Crippen molar-refractivity contribution in [3.63, 3.8) is 0 Å². The van der Waals surface area contributed by atoms with Crippen molar-refractivity contribution >= 4 is 15.9 Å². The molecule has 0 aliphatic rings. The highest BCUT2D eigenvalue weighted by Gasteiger charge is 2.23. The van der Waals surface area contributed by atoms with Gasteiger partial charge in [-0.1, -0.05) is 35.4 Å². The predicted octanol–water partition coefficient (Wildman–Crippen LogP) is 2.11. The Kier molecular flexibility index (Phi) is 5.78. The first-order valence-electron chi connectivity index (χ1n) is 7.72. The largest absolute Gasteiger partial charge is 0.444 e. The third kappa shape index (κ3) is 6.18. The van der Waals surface area contributed by atoms with Crippen LogP contribution in [0, 0.1) is 0 Å². The second-order valence-corrected chi connectivity index (χ2v) is 8.25. The van der Waals surface area contributed by atoms with Crippen LogP contribution >= 0.6 is 0 Å². The van der Waals surface area contributed by atoms with E-state index < -0.39 is 26.8 Å². The first-order valence-corrected chi connectivity index (χ1v) is 9.37. The maximum absolute atomic E-state index is 12.3. The molecule has 1 heterocycles. The quantitative estimate of drug-likeness (QED) is 0.832. The fourth-order valence-electron chi connectivity index (χ4n) is 1.91. The van der Waals surface area contributed by atoms with Crippen molar-refractivity contribution in [2.24, 2.45) is 0 Å². The van der Waals surface area contributed by atoms with E-state index in [-0.39, 0.29) is 24.6 Å². The van der Waals surface area contributed by atoms with E-state index in [4.69, 9.17) is 9.15 Å². The molecule has 25 heavy (non-hydrogen) atoms. The van der Waals surface area contributed by atoms with Gasteiger partial charge in [0.25, 0.3) is 0 Å². The van der Waals surface area contributed by atoms with Gasteiger partial charge in [-0.15, -0.1) is 5.10 Å². The summed E-state index contributed by atoms with van der Waals surface area (Å²) in [5.41, 5.74) is 0.0432. The summed E-state index contributed by atoms with van der Waals surface area (Å²) in [4.78, 5) is 11.5. The van der Waals surface area contributed by atoms with Crippen LogP contribution in [0.4, 0.5) is 4.79 Å². The molecule has 1 N–H and O–H groups in total. The maximum atomic E-state index is 12.3. The number of hydrogen-bond donors (Lipinski definition) is 1. The number of rotatable bonds is 6. The van der Waals surface area contributed by atoms with Gasteiger partial charge in [-0.25, -0.2) is 13.2 Å². The van der Waals surface area contributed by atoms with Crippen LogP contribution in [0.15, 0.2) is 40.0 Å². The minimum absolute atomic E-state index is 0.127. The van der Waals surface area contributed by atoms with Crippen molar-refractivity contribution < 1.29 is 22.4 Å². The Bertz CT molecular complexity index is 810. The Hall–Kier alpha value is -2.42. The van der Waals surface area contributed by atoms with E-state index >= 15 is 0 Å². The van der Waals surface area contributed by atoms with Gasteiger partial charge in [0, 0.05) is 13.0 Å². The second kappa shape index (κ2) is 7.64. The van der Waals surface area contributed by atoms with Crippen molar-refractivity contribution in [1.29, 1.82) is 0 Å². The molecule has 8 nitrogen and oxygen atoms in total. The zero-order chi connectivity index (χ0) is 18.5. The highest BCUT2D eigenvalue weighted by molar-refractivity contribution is 7.90. The van der Waals surface area contributed by atoms with E-state index in [1.165, 1.54) is 0 Å². The Morgan fingerprint density at radius 1 is 1.20 bits per heavy atom. The van der Waals surface area contributed by atoms with Gasteiger partial charge >= 0.3 is 11.3 Å². The van der Waals surface area contributed by atoms with E-state index in [1.54, 1.807) is 51.1 Å². The van der Waals surface area contributed by atoms with E-state index in [1.807, 2.05) is 0 Å². The van der Waals surface area contributed by atoms with Crippen LogP contribution in [-0.2, 0) is 26.7 Å². The fraction of sp³-hybridized carbons (Fsp3) is 0.438. The van der Waals surface area contributed by atoms with E-state index in [0.29, 0.717) is 5.56 Å². The highest BCUT2D eigenvalue weighted by Crippen LogP contribution is 2.15. The standard InChI is InChI=1S/C16H21N3O5S/c1-16(2,3)24-14(20)17-10-9-13-18-19-15(23-13)25(21,22)11-12-7-5-4-6-8-12/h4-8H,9-11H2,1-3H3,(H,17,20). The summed E-state index contributed by atoms with van der Waals surface area (Å²) in [6, 6.07) is 8.73. The number of ether oxygens (including phenoxy) is 1. The number of nitrogens with zero attached hydrogens (tertiary/aromatic N) is 2. The molecule has 0 saturated carbocycles. The van der Waals surface area contributed by atoms with E-state index in [9.17, 15) is 13.2 Å².